The number of fused-ring (bicyclic) bond motifs is 1. The van der Waals surface area contributed by atoms with Crippen molar-refractivity contribution in [2.75, 3.05) is 17.2 Å². The van der Waals surface area contributed by atoms with Crippen LogP contribution in [0.3, 0.4) is 0 Å². The maximum Gasteiger partial charge on any atom is 0.293 e. The van der Waals surface area contributed by atoms with Crippen LogP contribution in [0.2, 0.25) is 0 Å². The monoisotopic (exact) mass is 429 g/mol. The molecule has 0 aliphatic carbocycles. The molecule has 0 aliphatic rings. The molecule has 0 saturated carbocycles. The van der Waals surface area contributed by atoms with Crippen molar-refractivity contribution >= 4 is 39.7 Å². The Bertz CT molecular complexity index is 1340. The van der Waals surface area contributed by atoms with Gasteiger partial charge in [-0.15, -0.1) is 0 Å². The van der Waals surface area contributed by atoms with E-state index in [9.17, 15) is 19.7 Å². The van der Waals surface area contributed by atoms with Crippen LogP contribution in [0, 0.1) is 17.0 Å². The molecule has 4 aromatic rings. The second-order valence-corrected chi connectivity index (χ2v) is 7.21. The molecule has 0 fully saturated rings. The first-order valence-corrected chi connectivity index (χ1v) is 9.83. The summed E-state index contributed by atoms with van der Waals surface area (Å²) in [6.07, 6.45) is 0. The van der Waals surface area contributed by atoms with Gasteiger partial charge in [0.15, 0.2) is 5.78 Å². The summed E-state index contributed by atoms with van der Waals surface area (Å²) in [7, 11) is 0. The smallest absolute Gasteiger partial charge is 0.293 e. The Morgan fingerprint density at radius 2 is 1.78 bits per heavy atom. The van der Waals surface area contributed by atoms with Gasteiger partial charge >= 0.3 is 0 Å². The van der Waals surface area contributed by atoms with Gasteiger partial charge in [0.25, 0.3) is 11.6 Å². The average molecular weight is 429 g/mol. The van der Waals surface area contributed by atoms with Crippen molar-refractivity contribution in [1.29, 1.82) is 0 Å². The van der Waals surface area contributed by atoms with E-state index >= 15 is 0 Å². The lowest BCUT2D eigenvalue weighted by Gasteiger charge is -2.08. The second kappa shape index (κ2) is 8.73. The summed E-state index contributed by atoms with van der Waals surface area (Å²) in [4.78, 5) is 36.0. The van der Waals surface area contributed by atoms with Crippen LogP contribution in [-0.4, -0.2) is 23.2 Å². The molecular weight excluding hydrogens is 410 g/mol. The minimum absolute atomic E-state index is 0.0412. The number of carbonyl (C=O) groups is 2. The molecular formula is C24H19N3O5. The number of furan rings is 1. The molecule has 0 atom stereocenters. The van der Waals surface area contributed by atoms with E-state index in [1.165, 1.54) is 24.3 Å². The van der Waals surface area contributed by atoms with Crippen molar-refractivity contribution in [2.24, 2.45) is 0 Å². The summed E-state index contributed by atoms with van der Waals surface area (Å²) in [5.74, 6) is -0.777. The predicted octanol–water partition coefficient (Wildman–Crippen LogP) is 5.20. The first-order valence-electron chi connectivity index (χ1n) is 9.83. The van der Waals surface area contributed by atoms with Crippen LogP contribution in [0.4, 0.5) is 17.1 Å². The Hall–Kier alpha value is -4.46. The van der Waals surface area contributed by atoms with Crippen LogP contribution in [-0.2, 0) is 0 Å². The molecule has 8 nitrogen and oxygen atoms in total. The van der Waals surface area contributed by atoms with Gasteiger partial charge in [-0.05, 0) is 36.8 Å². The van der Waals surface area contributed by atoms with Crippen molar-refractivity contribution < 1.29 is 18.9 Å². The van der Waals surface area contributed by atoms with Gasteiger partial charge in [-0.3, -0.25) is 19.7 Å². The SMILES string of the molecule is Cc1cccc(NC(=O)c2oc3ccccc3c2NCC(=O)c2cccc([N+](=O)[O-])c2)c1. The number of aryl methyl sites for hydroxylation is 1. The van der Waals surface area contributed by atoms with E-state index in [-0.39, 0.29) is 29.3 Å². The number of nitro benzene ring substituents is 1. The topological polar surface area (TPSA) is 114 Å². The molecule has 0 aliphatic heterocycles. The number of amides is 1. The van der Waals surface area contributed by atoms with E-state index in [0.29, 0.717) is 22.3 Å². The van der Waals surface area contributed by atoms with Crippen LogP contribution in [0.1, 0.15) is 26.5 Å². The fourth-order valence-corrected chi connectivity index (χ4v) is 3.36. The number of hydrogen-bond donors (Lipinski definition) is 2. The zero-order valence-corrected chi connectivity index (χ0v) is 17.1. The number of nitro groups is 1. The number of Topliss-reactive ketones (excluding diaryl/α,β-unsaturated/α-hetero) is 1. The molecule has 0 radical (unpaired) electrons. The summed E-state index contributed by atoms with van der Waals surface area (Å²) in [6.45, 7) is 1.75. The number of hydrogen-bond acceptors (Lipinski definition) is 6. The number of nitrogens with one attached hydrogen (secondary N) is 2. The number of carbonyl (C=O) groups excluding carboxylic acids is 2. The summed E-state index contributed by atoms with van der Waals surface area (Å²) < 4.78 is 5.78. The summed E-state index contributed by atoms with van der Waals surface area (Å²) >= 11 is 0. The van der Waals surface area contributed by atoms with Crippen molar-refractivity contribution in [3.05, 3.63) is 99.8 Å². The highest BCUT2D eigenvalue weighted by Crippen LogP contribution is 2.31. The highest BCUT2D eigenvalue weighted by molar-refractivity contribution is 6.12. The highest BCUT2D eigenvalue weighted by atomic mass is 16.6. The van der Waals surface area contributed by atoms with Gasteiger partial charge in [-0.25, -0.2) is 0 Å². The van der Waals surface area contributed by atoms with Crippen molar-refractivity contribution in [2.45, 2.75) is 6.92 Å². The number of benzene rings is 3. The molecule has 8 heteroatoms. The molecule has 3 aromatic carbocycles. The van der Waals surface area contributed by atoms with Gasteiger partial charge in [-0.2, -0.15) is 0 Å². The third-order valence-corrected chi connectivity index (χ3v) is 4.88. The Morgan fingerprint density at radius 3 is 2.56 bits per heavy atom. The van der Waals surface area contributed by atoms with E-state index in [0.717, 1.165) is 5.56 Å². The number of para-hydroxylation sites is 1. The van der Waals surface area contributed by atoms with Gasteiger partial charge < -0.3 is 15.1 Å². The number of non-ortho nitro benzene ring substituents is 1. The van der Waals surface area contributed by atoms with E-state index in [1.54, 1.807) is 30.3 Å². The van der Waals surface area contributed by atoms with Crippen LogP contribution < -0.4 is 10.6 Å². The lowest BCUT2D eigenvalue weighted by molar-refractivity contribution is -0.384. The van der Waals surface area contributed by atoms with Crippen molar-refractivity contribution in [3.63, 3.8) is 0 Å². The third kappa shape index (κ3) is 4.34. The molecule has 1 heterocycles. The minimum atomic E-state index is -0.554. The molecule has 0 bridgehead atoms. The molecule has 1 amide bonds. The molecule has 160 valence electrons. The standard InChI is InChI=1S/C24H19N3O5/c1-15-6-4-8-17(12-15)26-24(29)23-22(19-10-2-3-11-21(19)32-23)25-14-20(28)16-7-5-9-18(13-16)27(30)31/h2-13,25H,14H2,1H3,(H,26,29). The predicted molar refractivity (Wildman–Crippen MR) is 121 cm³/mol. The zero-order chi connectivity index (χ0) is 22.7. The van der Waals surface area contributed by atoms with E-state index < -0.39 is 10.8 Å². The van der Waals surface area contributed by atoms with Gasteiger partial charge in [0.1, 0.15) is 5.58 Å². The van der Waals surface area contributed by atoms with Gasteiger partial charge in [0.05, 0.1) is 17.2 Å². The molecule has 1 aromatic heterocycles. The first kappa shape index (κ1) is 20.8. The summed E-state index contributed by atoms with van der Waals surface area (Å²) in [5.41, 5.74) is 2.52. The third-order valence-electron chi connectivity index (χ3n) is 4.88. The maximum absolute atomic E-state index is 12.9. The number of anilines is 2. The quantitative estimate of drug-likeness (QED) is 0.237. The van der Waals surface area contributed by atoms with Crippen LogP contribution >= 0.6 is 0 Å². The molecule has 0 saturated heterocycles. The fraction of sp³-hybridized carbons (Fsp3) is 0.0833. The number of rotatable bonds is 7. The molecule has 0 unspecified atom stereocenters. The van der Waals surface area contributed by atoms with Crippen LogP contribution in [0.25, 0.3) is 11.0 Å². The zero-order valence-electron chi connectivity index (χ0n) is 17.1. The maximum atomic E-state index is 12.9. The molecule has 2 N–H and O–H groups in total. The number of nitrogens with zero attached hydrogens (tertiary/aromatic N) is 1. The first-order chi connectivity index (χ1) is 15.4. The van der Waals surface area contributed by atoms with Gasteiger partial charge in [-0.1, -0.05) is 36.4 Å². The van der Waals surface area contributed by atoms with Gasteiger partial charge in [0, 0.05) is 28.8 Å². The summed E-state index contributed by atoms with van der Waals surface area (Å²) in [5, 5.41) is 17.4. The van der Waals surface area contributed by atoms with E-state index in [1.807, 2.05) is 25.1 Å². The Morgan fingerprint density at radius 1 is 1.00 bits per heavy atom. The highest BCUT2D eigenvalue weighted by Gasteiger charge is 2.22. The Labute approximate surface area is 183 Å². The van der Waals surface area contributed by atoms with Crippen LogP contribution in [0.15, 0.2) is 77.2 Å². The fourth-order valence-electron chi connectivity index (χ4n) is 3.36. The number of ketones is 1. The normalized spacial score (nSPS) is 10.7. The van der Waals surface area contributed by atoms with Crippen molar-refractivity contribution in [1.82, 2.24) is 0 Å². The second-order valence-electron chi connectivity index (χ2n) is 7.21. The Balaban J connectivity index is 1.60. The lowest BCUT2D eigenvalue weighted by Crippen LogP contribution is -2.17. The molecule has 32 heavy (non-hydrogen) atoms. The van der Waals surface area contributed by atoms with E-state index in [4.69, 9.17) is 4.42 Å². The van der Waals surface area contributed by atoms with Crippen molar-refractivity contribution in [3.8, 4) is 0 Å². The van der Waals surface area contributed by atoms with Gasteiger partial charge in [0.2, 0.25) is 5.76 Å². The summed E-state index contributed by atoms with van der Waals surface area (Å²) in [6, 6.07) is 20.0. The lowest BCUT2D eigenvalue weighted by atomic mass is 10.1. The largest absolute Gasteiger partial charge is 0.449 e. The molecule has 4 rings (SSSR count). The minimum Gasteiger partial charge on any atom is -0.449 e. The molecule has 0 spiro atoms. The average Bonchev–Trinajstić information content (AvgIpc) is 3.16. The van der Waals surface area contributed by atoms with E-state index in [2.05, 4.69) is 10.6 Å². The Kier molecular flexibility index (Phi) is 5.67. The van der Waals surface area contributed by atoms with Crippen LogP contribution in [0.5, 0.6) is 0 Å².